The molecule has 1 aliphatic rings. The quantitative estimate of drug-likeness (QED) is 0.688. The van der Waals surface area contributed by atoms with Crippen LogP contribution in [0.1, 0.15) is 18.5 Å². The molecule has 3 heterocycles. The molecule has 9 heteroatoms. The lowest BCUT2D eigenvalue weighted by Crippen LogP contribution is -2.32. The fourth-order valence-corrected chi connectivity index (χ4v) is 3.35. The van der Waals surface area contributed by atoms with Gasteiger partial charge in [0, 0.05) is 17.5 Å². The summed E-state index contributed by atoms with van der Waals surface area (Å²) in [5.41, 5.74) is 1.86. The van der Waals surface area contributed by atoms with Crippen molar-refractivity contribution in [2.45, 2.75) is 13.0 Å². The molecule has 1 atom stereocenters. The molecular weight excluding hydrogens is 372 g/mol. The summed E-state index contributed by atoms with van der Waals surface area (Å²) in [4.78, 5) is 21.7. The average Bonchev–Trinajstić information content (AvgIpc) is 3.20. The van der Waals surface area contributed by atoms with Gasteiger partial charge in [-0.05, 0) is 37.3 Å². The standard InChI is InChI=1S/C20H20N6O3/c1-12-17(19(27)25-16-6-4-5-9-21-16)18(26-20(24-12)22-11-23-26)14-10-13(28-2)7-8-15(14)29-3/h4-11,18H,1-3H3,(H,21,25,27)(H,22,23,24)/t18-/m0/s1. The Labute approximate surface area is 167 Å². The van der Waals surface area contributed by atoms with E-state index < -0.39 is 6.04 Å². The first kappa shape index (κ1) is 18.5. The second-order valence-corrected chi connectivity index (χ2v) is 6.37. The Hall–Kier alpha value is -3.88. The molecule has 0 radical (unpaired) electrons. The highest BCUT2D eigenvalue weighted by Gasteiger charge is 2.35. The molecule has 9 nitrogen and oxygen atoms in total. The number of nitrogens with one attached hydrogen (secondary N) is 2. The van der Waals surface area contributed by atoms with Gasteiger partial charge in [-0.3, -0.25) is 4.79 Å². The SMILES string of the molecule is COc1ccc(OC)c([C@H]2C(C(=O)Nc3ccccn3)=C(C)Nc3ncnn32)c1. The normalized spacial score (nSPS) is 15.3. The number of aromatic nitrogens is 4. The minimum Gasteiger partial charge on any atom is -0.497 e. The molecule has 1 aliphatic heterocycles. The van der Waals surface area contributed by atoms with Gasteiger partial charge in [-0.25, -0.2) is 9.67 Å². The van der Waals surface area contributed by atoms with Crippen molar-refractivity contribution in [1.29, 1.82) is 0 Å². The predicted octanol–water partition coefficient (Wildman–Crippen LogP) is 2.62. The van der Waals surface area contributed by atoms with Gasteiger partial charge < -0.3 is 20.1 Å². The number of hydrogen-bond donors (Lipinski definition) is 2. The predicted molar refractivity (Wildman–Crippen MR) is 107 cm³/mol. The van der Waals surface area contributed by atoms with Crippen LogP contribution >= 0.6 is 0 Å². The highest BCUT2D eigenvalue weighted by Crippen LogP contribution is 2.40. The van der Waals surface area contributed by atoms with Crippen molar-refractivity contribution in [1.82, 2.24) is 19.7 Å². The van der Waals surface area contributed by atoms with Crippen LogP contribution in [-0.4, -0.2) is 39.9 Å². The Morgan fingerprint density at radius 3 is 2.76 bits per heavy atom. The Bertz CT molecular complexity index is 1080. The molecule has 0 bridgehead atoms. The number of carbonyl (C=O) groups is 1. The maximum absolute atomic E-state index is 13.3. The second kappa shape index (κ2) is 7.63. The number of benzene rings is 1. The van der Waals surface area contributed by atoms with E-state index in [0.717, 1.165) is 5.56 Å². The molecule has 0 unspecified atom stereocenters. The monoisotopic (exact) mass is 392 g/mol. The zero-order valence-electron chi connectivity index (χ0n) is 16.2. The summed E-state index contributed by atoms with van der Waals surface area (Å²) < 4.78 is 12.6. The van der Waals surface area contributed by atoms with Crippen LogP contribution in [0.15, 0.2) is 60.2 Å². The Balaban J connectivity index is 1.84. The third-order valence-corrected chi connectivity index (χ3v) is 4.68. The van der Waals surface area contributed by atoms with Crippen molar-refractivity contribution in [3.63, 3.8) is 0 Å². The van der Waals surface area contributed by atoms with Gasteiger partial charge in [0.25, 0.3) is 5.91 Å². The first-order valence-corrected chi connectivity index (χ1v) is 8.94. The third-order valence-electron chi connectivity index (χ3n) is 4.68. The van der Waals surface area contributed by atoms with Gasteiger partial charge in [-0.1, -0.05) is 6.07 Å². The zero-order valence-corrected chi connectivity index (χ0v) is 16.2. The van der Waals surface area contributed by atoms with Crippen molar-refractivity contribution in [3.05, 3.63) is 65.8 Å². The number of nitrogens with zero attached hydrogens (tertiary/aromatic N) is 4. The number of hydrogen-bond acceptors (Lipinski definition) is 7. The summed E-state index contributed by atoms with van der Waals surface area (Å²) in [7, 11) is 3.17. The van der Waals surface area contributed by atoms with Crippen LogP contribution < -0.4 is 20.1 Å². The fourth-order valence-electron chi connectivity index (χ4n) is 3.35. The minimum atomic E-state index is -0.567. The smallest absolute Gasteiger partial charge is 0.257 e. The molecule has 1 amide bonds. The maximum atomic E-state index is 13.3. The van der Waals surface area contributed by atoms with Crippen molar-refractivity contribution in [2.75, 3.05) is 24.9 Å². The van der Waals surface area contributed by atoms with Crippen molar-refractivity contribution < 1.29 is 14.3 Å². The van der Waals surface area contributed by atoms with Gasteiger partial charge in [0.2, 0.25) is 5.95 Å². The average molecular weight is 392 g/mol. The summed E-state index contributed by atoms with van der Waals surface area (Å²) in [5.74, 6) is 1.94. The van der Waals surface area contributed by atoms with Gasteiger partial charge in [-0.2, -0.15) is 10.1 Å². The number of fused-ring (bicyclic) bond motifs is 1. The number of methoxy groups -OCH3 is 2. The summed E-state index contributed by atoms with van der Waals surface area (Å²) in [6.07, 6.45) is 3.06. The van der Waals surface area contributed by atoms with Crippen molar-refractivity contribution in [2.24, 2.45) is 0 Å². The highest BCUT2D eigenvalue weighted by atomic mass is 16.5. The third kappa shape index (κ3) is 3.38. The molecule has 0 saturated heterocycles. The lowest BCUT2D eigenvalue weighted by atomic mass is 9.94. The van der Waals surface area contributed by atoms with E-state index in [0.29, 0.717) is 34.5 Å². The Morgan fingerprint density at radius 2 is 2.03 bits per heavy atom. The topological polar surface area (TPSA) is 103 Å². The van der Waals surface area contributed by atoms with E-state index in [1.807, 2.05) is 13.0 Å². The molecule has 29 heavy (non-hydrogen) atoms. The van der Waals surface area contributed by atoms with E-state index in [9.17, 15) is 4.79 Å². The van der Waals surface area contributed by atoms with Gasteiger partial charge in [0.15, 0.2) is 0 Å². The summed E-state index contributed by atoms with van der Waals surface area (Å²) in [5, 5.41) is 10.3. The van der Waals surface area contributed by atoms with Crippen molar-refractivity contribution in [3.8, 4) is 11.5 Å². The van der Waals surface area contributed by atoms with E-state index in [2.05, 4.69) is 25.7 Å². The number of allylic oxidation sites excluding steroid dienone is 1. The Kier molecular flexibility index (Phi) is 4.86. The molecule has 0 fully saturated rings. The number of amides is 1. The molecule has 148 valence electrons. The number of rotatable bonds is 5. The van der Waals surface area contributed by atoms with Gasteiger partial charge in [0.05, 0.1) is 19.8 Å². The van der Waals surface area contributed by atoms with Crippen LogP contribution in [0.2, 0.25) is 0 Å². The molecule has 4 rings (SSSR count). The van der Waals surface area contributed by atoms with Crippen molar-refractivity contribution >= 4 is 17.7 Å². The second-order valence-electron chi connectivity index (χ2n) is 6.37. The first-order valence-electron chi connectivity index (χ1n) is 8.94. The number of anilines is 2. The molecule has 0 saturated carbocycles. The highest BCUT2D eigenvalue weighted by molar-refractivity contribution is 6.05. The summed E-state index contributed by atoms with van der Waals surface area (Å²) >= 11 is 0. The minimum absolute atomic E-state index is 0.301. The van der Waals surface area contributed by atoms with E-state index in [-0.39, 0.29) is 5.91 Å². The van der Waals surface area contributed by atoms with E-state index in [4.69, 9.17) is 9.47 Å². The molecular formula is C20H20N6O3. The molecule has 2 aromatic heterocycles. The lowest BCUT2D eigenvalue weighted by molar-refractivity contribution is -0.113. The van der Waals surface area contributed by atoms with E-state index >= 15 is 0 Å². The molecule has 1 aromatic carbocycles. The maximum Gasteiger partial charge on any atom is 0.257 e. The van der Waals surface area contributed by atoms with Gasteiger partial charge >= 0.3 is 0 Å². The fraction of sp³-hybridized carbons (Fsp3) is 0.200. The molecule has 0 aliphatic carbocycles. The summed E-state index contributed by atoms with van der Waals surface area (Å²) in [6, 6.07) is 10.2. The number of carbonyl (C=O) groups excluding carboxylic acids is 1. The number of ether oxygens (including phenoxy) is 2. The Morgan fingerprint density at radius 1 is 1.17 bits per heavy atom. The molecule has 0 spiro atoms. The largest absolute Gasteiger partial charge is 0.497 e. The van der Waals surface area contributed by atoms with Crippen LogP contribution in [-0.2, 0) is 4.79 Å². The van der Waals surface area contributed by atoms with Gasteiger partial charge in [0.1, 0.15) is 29.7 Å². The lowest BCUT2D eigenvalue weighted by Gasteiger charge is -2.29. The van der Waals surface area contributed by atoms with Crippen LogP contribution in [0, 0.1) is 0 Å². The van der Waals surface area contributed by atoms with E-state index in [1.165, 1.54) is 6.33 Å². The van der Waals surface area contributed by atoms with Gasteiger partial charge in [-0.15, -0.1) is 0 Å². The first-order chi connectivity index (χ1) is 14.1. The number of pyridine rings is 1. The zero-order chi connectivity index (χ0) is 20.4. The molecule has 3 aromatic rings. The van der Waals surface area contributed by atoms with Crippen LogP contribution in [0.25, 0.3) is 0 Å². The van der Waals surface area contributed by atoms with Crippen LogP contribution in [0.5, 0.6) is 11.5 Å². The van der Waals surface area contributed by atoms with Crippen LogP contribution in [0.3, 0.4) is 0 Å². The molecule has 2 N–H and O–H groups in total. The van der Waals surface area contributed by atoms with Crippen LogP contribution in [0.4, 0.5) is 11.8 Å². The summed E-state index contributed by atoms with van der Waals surface area (Å²) in [6.45, 7) is 1.82. The van der Waals surface area contributed by atoms with E-state index in [1.54, 1.807) is 55.4 Å².